The molecule has 0 aromatic heterocycles. The van der Waals surface area contributed by atoms with Crippen LogP contribution in [0.3, 0.4) is 0 Å². The number of hydrogen-bond acceptors (Lipinski definition) is 5. The largest absolute Gasteiger partial charge is 0.374 e. The number of nitrogens with one attached hydrogen (secondary N) is 1. The Kier molecular flexibility index (Phi) is 6.53. The van der Waals surface area contributed by atoms with Crippen LogP contribution >= 0.6 is 11.6 Å². The Morgan fingerprint density at radius 3 is 2.96 bits per heavy atom. The Labute approximate surface area is 146 Å². The number of nitro benzene ring substituents is 1. The molecule has 24 heavy (non-hydrogen) atoms. The average molecular weight is 356 g/mol. The second kappa shape index (κ2) is 8.41. The lowest BCUT2D eigenvalue weighted by molar-refractivity contribution is -0.385. The average Bonchev–Trinajstić information content (AvgIpc) is 2.52. The highest BCUT2D eigenvalue weighted by atomic mass is 35.5. The molecule has 0 spiro atoms. The Morgan fingerprint density at radius 1 is 1.54 bits per heavy atom. The van der Waals surface area contributed by atoms with Gasteiger partial charge in [0.05, 0.1) is 17.6 Å². The monoisotopic (exact) mass is 355 g/mol. The first-order valence-electron chi connectivity index (χ1n) is 7.93. The van der Waals surface area contributed by atoms with Gasteiger partial charge in [0, 0.05) is 37.3 Å². The van der Waals surface area contributed by atoms with E-state index in [1.807, 2.05) is 0 Å². The van der Waals surface area contributed by atoms with Gasteiger partial charge < -0.3 is 10.1 Å². The number of amides is 1. The van der Waals surface area contributed by atoms with Crippen molar-refractivity contribution in [2.45, 2.75) is 20.0 Å². The zero-order chi connectivity index (χ0) is 17.7. The quantitative estimate of drug-likeness (QED) is 0.625. The van der Waals surface area contributed by atoms with E-state index in [0.717, 1.165) is 19.6 Å². The van der Waals surface area contributed by atoms with Crippen LogP contribution in [0.2, 0.25) is 5.02 Å². The molecule has 1 saturated heterocycles. The molecule has 1 atom stereocenters. The van der Waals surface area contributed by atoms with Crippen LogP contribution < -0.4 is 5.32 Å². The fourth-order valence-electron chi connectivity index (χ4n) is 2.74. The summed E-state index contributed by atoms with van der Waals surface area (Å²) >= 11 is 5.76. The minimum atomic E-state index is -0.609. The molecule has 1 amide bonds. The molecule has 1 aliphatic rings. The third-order valence-electron chi connectivity index (χ3n) is 3.74. The molecule has 1 N–H and O–H groups in total. The number of hydrogen-bond donors (Lipinski definition) is 1. The minimum absolute atomic E-state index is 0.000698. The molecule has 0 aliphatic carbocycles. The van der Waals surface area contributed by atoms with Crippen molar-refractivity contribution in [3.8, 4) is 0 Å². The lowest BCUT2D eigenvalue weighted by Gasteiger charge is -2.33. The van der Waals surface area contributed by atoms with E-state index in [4.69, 9.17) is 16.3 Å². The summed E-state index contributed by atoms with van der Waals surface area (Å²) < 4.78 is 5.66. The molecule has 1 aromatic carbocycles. The lowest BCUT2D eigenvalue weighted by Crippen LogP contribution is -2.48. The minimum Gasteiger partial charge on any atom is -0.374 e. The summed E-state index contributed by atoms with van der Waals surface area (Å²) in [5, 5.41) is 14.0. The molecular formula is C16H22ClN3O4. The lowest BCUT2D eigenvalue weighted by atomic mass is 10.1. The van der Waals surface area contributed by atoms with Crippen molar-refractivity contribution in [2.75, 3.05) is 32.8 Å². The van der Waals surface area contributed by atoms with Crippen LogP contribution in [0.4, 0.5) is 5.69 Å². The van der Waals surface area contributed by atoms with Crippen LogP contribution in [0.5, 0.6) is 0 Å². The third-order valence-corrected chi connectivity index (χ3v) is 3.97. The maximum absolute atomic E-state index is 12.3. The van der Waals surface area contributed by atoms with Crippen molar-refractivity contribution >= 4 is 23.2 Å². The number of nitrogens with zero attached hydrogens (tertiary/aromatic N) is 2. The van der Waals surface area contributed by atoms with Gasteiger partial charge in [-0.05, 0) is 18.1 Å². The number of rotatable bonds is 6. The number of morpholine rings is 1. The van der Waals surface area contributed by atoms with Gasteiger partial charge in [-0.15, -0.1) is 0 Å². The van der Waals surface area contributed by atoms with Gasteiger partial charge >= 0.3 is 0 Å². The van der Waals surface area contributed by atoms with Gasteiger partial charge in [-0.25, -0.2) is 0 Å². The molecule has 0 saturated carbocycles. The first-order chi connectivity index (χ1) is 11.4. The molecule has 132 valence electrons. The van der Waals surface area contributed by atoms with Crippen LogP contribution in [0.15, 0.2) is 18.2 Å². The number of carbonyl (C=O) groups excluding carboxylic acids is 1. The van der Waals surface area contributed by atoms with Gasteiger partial charge in [0.25, 0.3) is 11.6 Å². The predicted molar refractivity (Wildman–Crippen MR) is 91.5 cm³/mol. The molecule has 2 rings (SSSR count). The fraction of sp³-hybridized carbons (Fsp3) is 0.562. The van der Waals surface area contributed by atoms with Gasteiger partial charge in [-0.2, -0.15) is 0 Å². The smallest absolute Gasteiger partial charge is 0.283 e. The zero-order valence-corrected chi connectivity index (χ0v) is 14.6. The maximum Gasteiger partial charge on any atom is 0.283 e. The molecule has 7 nitrogen and oxygen atoms in total. The highest BCUT2D eigenvalue weighted by Crippen LogP contribution is 2.23. The number of carbonyl (C=O) groups is 1. The van der Waals surface area contributed by atoms with Crippen molar-refractivity contribution in [2.24, 2.45) is 5.92 Å². The van der Waals surface area contributed by atoms with Crippen LogP contribution in [-0.4, -0.2) is 54.6 Å². The van der Waals surface area contributed by atoms with Crippen molar-refractivity contribution in [1.29, 1.82) is 0 Å². The van der Waals surface area contributed by atoms with Crippen LogP contribution in [0.25, 0.3) is 0 Å². The fourth-order valence-corrected chi connectivity index (χ4v) is 2.90. The van der Waals surface area contributed by atoms with Crippen molar-refractivity contribution in [3.05, 3.63) is 38.9 Å². The Hall–Kier alpha value is -1.70. The molecule has 1 unspecified atom stereocenters. The van der Waals surface area contributed by atoms with E-state index in [9.17, 15) is 14.9 Å². The van der Waals surface area contributed by atoms with Crippen LogP contribution in [0.1, 0.15) is 24.2 Å². The molecule has 0 bridgehead atoms. The van der Waals surface area contributed by atoms with E-state index >= 15 is 0 Å². The summed E-state index contributed by atoms with van der Waals surface area (Å²) in [7, 11) is 0. The van der Waals surface area contributed by atoms with E-state index in [2.05, 4.69) is 24.1 Å². The second-order valence-corrected chi connectivity index (χ2v) is 6.71. The van der Waals surface area contributed by atoms with Crippen molar-refractivity contribution in [1.82, 2.24) is 10.2 Å². The number of nitro groups is 1. The first-order valence-corrected chi connectivity index (χ1v) is 8.30. The van der Waals surface area contributed by atoms with Crippen molar-refractivity contribution in [3.63, 3.8) is 0 Å². The summed E-state index contributed by atoms with van der Waals surface area (Å²) in [6.45, 7) is 7.85. The topological polar surface area (TPSA) is 84.7 Å². The van der Waals surface area contributed by atoms with E-state index in [1.165, 1.54) is 18.2 Å². The van der Waals surface area contributed by atoms with Gasteiger partial charge in [-0.1, -0.05) is 25.4 Å². The molecule has 1 aliphatic heterocycles. The van der Waals surface area contributed by atoms with E-state index in [-0.39, 0.29) is 22.4 Å². The highest BCUT2D eigenvalue weighted by Gasteiger charge is 2.24. The van der Waals surface area contributed by atoms with E-state index in [0.29, 0.717) is 19.1 Å². The van der Waals surface area contributed by atoms with Crippen LogP contribution in [-0.2, 0) is 4.74 Å². The molecule has 1 heterocycles. The molecule has 1 fully saturated rings. The van der Waals surface area contributed by atoms with E-state index < -0.39 is 10.8 Å². The van der Waals surface area contributed by atoms with Gasteiger partial charge in [0.1, 0.15) is 5.56 Å². The normalized spacial score (nSPS) is 18.6. The first kappa shape index (κ1) is 18.6. The van der Waals surface area contributed by atoms with E-state index in [1.54, 1.807) is 0 Å². The summed E-state index contributed by atoms with van der Waals surface area (Å²) in [5.74, 6) is 0.0676. The Morgan fingerprint density at radius 2 is 2.29 bits per heavy atom. The zero-order valence-electron chi connectivity index (χ0n) is 13.8. The standard InChI is InChI=1S/C16H22ClN3O4/c1-11(2)9-19-5-6-24-13(10-19)8-18-16(21)14-4-3-12(17)7-15(14)20(22)23/h3-4,7,11,13H,5-6,8-10H2,1-2H3,(H,18,21). The maximum atomic E-state index is 12.3. The molecule has 8 heteroatoms. The summed E-state index contributed by atoms with van der Waals surface area (Å²) in [5.41, 5.74) is -0.301. The summed E-state index contributed by atoms with van der Waals surface area (Å²) in [6, 6.07) is 4.01. The predicted octanol–water partition coefficient (Wildman–Crippen LogP) is 2.33. The molecule has 0 radical (unpaired) electrons. The number of halogens is 1. The SMILES string of the molecule is CC(C)CN1CCOC(CNC(=O)c2ccc(Cl)cc2[N+](=O)[O-])C1. The Bertz CT molecular complexity index is 609. The number of ether oxygens (including phenoxy) is 1. The Balaban J connectivity index is 1.95. The highest BCUT2D eigenvalue weighted by molar-refractivity contribution is 6.31. The second-order valence-electron chi connectivity index (χ2n) is 6.27. The summed E-state index contributed by atoms with van der Waals surface area (Å²) in [4.78, 5) is 25.0. The summed E-state index contributed by atoms with van der Waals surface area (Å²) in [6.07, 6.45) is -0.118. The van der Waals surface area contributed by atoms with Crippen molar-refractivity contribution < 1.29 is 14.5 Å². The molecular weight excluding hydrogens is 334 g/mol. The third kappa shape index (κ3) is 5.15. The van der Waals surface area contributed by atoms with Gasteiger partial charge in [0.2, 0.25) is 0 Å². The number of benzene rings is 1. The van der Waals surface area contributed by atoms with Gasteiger partial charge in [-0.3, -0.25) is 19.8 Å². The van der Waals surface area contributed by atoms with Gasteiger partial charge in [0.15, 0.2) is 0 Å². The van der Waals surface area contributed by atoms with Crippen LogP contribution in [0, 0.1) is 16.0 Å². The molecule has 1 aromatic rings.